The van der Waals surface area contributed by atoms with Gasteiger partial charge in [0, 0.05) is 12.2 Å². The Morgan fingerprint density at radius 3 is 1.94 bits per heavy atom. The molecular formula is C16H19NO. The standard InChI is InChI=1S/C16H19NO/c1-12-3-7-14(8-4-12)16(18)11-17-15-9-5-13(2)6-10-15/h3-10,16-18H,11H2,1-2H3/t16-/m0/s1. The first-order chi connectivity index (χ1) is 8.65. The van der Waals surface area contributed by atoms with Gasteiger partial charge in [-0.15, -0.1) is 0 Å². The van der Waals surface area contributed by atoms with Gasteiger partial charge in [-0.3, -0.25) is 0 Å². The first-order valence-corrected chi connectivity index (χ1v) is 6.20. The molecule has 0 saturated heterocycles. The van der Waals surface area contributed by atoms with Crippen molar-refractivity contribution in [2.24, 2.45) is 0 Å². The molecule has 94 valence electrons. The highest BCUT2D eigenvalue weighted by atomic mass is 16.3. The van der Waals surface area contributed by atoms with Crippen molar-refractivity contribution in [3.8, 4) is 0 Å². The molecule has 0 fully saturated rings. The van der Waals surface area contributed by atoms with Crippen LogP contribution >= 0.6 is 0 Å². The Hall–Kier alpha value is -1.80. The maximum absolute atomic E-state index is 10.1. The molecule has 2 N–H and O–H groups in total. The van der Waals surface area contributed by atoms with Gasteiger partial charge in [-0.1, -0.05) is 47.5 Å². The van der Waals surface area contributed by atoms with Gasteiger partial charge in [0.25, 0.3) is 0 Å². The van der Waals surface area contributed by atoms with Crippen LogP contribution in [0.2, 0.25) is 0 Å². The van der Waals surface area contributed by atoms with Crippen molar-refractivity contribution in [3.63, 3.8) is 0 Å². The van der Waals surface area contributed by atoms with E-state index >= 15 is 0 Å². The molecule has 2 nitrogen and oxygen atoms in total. The molecule has 2 rings (SSSR count). The van der Waals surface area contributed by atoms with Crippen LogP contribution in [0.3, 0.4) is 0 Å². The van der Waals surface area contributed by atoms with Crippen molar-refractivity contribution in [2.75, 3.05) is 11.9 Å². The fraction of sp³-hybridized carbons (Fsp3) is 0.250. The van der Waals surface area contributed by atoms with Crippen molar-refractivity contribution in [1.82, 2.24) is 0 Å². The van der Waals surface area contributed by atoms with E-state index in [1.54, 1.807) is 0 Å². The lowest BCUT2D eigenvalue weighted by Crippen LogP contribution is -2.12. The molecule has 0 saturated carbocycles. The predicted octanol–water partition coefficient (Wildman–Crippen LogP) is 3.45. The van der Waals surface area contributed by atoms with Crippen molar-refractivity contribution >= 4 is 5.69 Å². The maximum Gasteiger partial charge on any atom is 0.0962 e. The minimum Gasteiger partial charge on any atom is -0.387 e. The fourth-order valence-electron chi connectivity index (χ4n) is 1.79. The molecular weight excluding hydrogens is 222 g/mol. The Morgan fingerprint density at radius 1 is 0.889 bits per heavy atom. The van der Waals surface area contributed by atoms with E-state index in [1.807, 2.05) is 43.3 Å². The van der Waals surface area contributed by atoms with E-state index in [1.165, 1.54) is 11.1 Å². The molecule has 0 heterocycles. The van der Waals surface area contributed by atoms with Gasteiger partial charge in [-0.25, -0.2) is 0 Å². The number of nitrogens with one attached hydrogen (secondary N) is 1. The first-order valence-electron chi connectivity index (χ1n) is 6.20. The van der Waals surface area contributed by atoms with E-state index in [4.69, 9.17) is 0 Å². The number of benzene rings is 2. The van der Waals surface area contributed by atoms with E-state index in [-0.39, 0.29) is 0 Å². The van der Waals surface area contributed by atoms with Crippen LogP contribution < -0.4 is 5.32 Å². The summed E-state index contributed by atoms with van der Waals surface area (Å²) in [5.41, 5.74) is 4.42. The summed E-state index contributed by atoms with van der Waals surface area (Å²) < 4.78 is 0. The van der Waals surface area contributed by atoms with Crippen LogP contribution in [0.1, 0.15) is 22.8 Å². The molecule has 1 atom stereocenters. The highest BCUT2D eigenvalue weighted by Gasteiger charge is 2.06. The van der Waals surface area contributed by atoms with E-state index in [0.717, 1.165) is 11.3 Å². The summed E-state index contributed by atoms with van der Waals surface area (Å²) in [6.45, 7) is 4.62. The van der Waals surface area contributed by atoms with Gasteiger partial charge in [-0.05, 0) is 31.5 Å². The molecule has 2 heteroatoms. The number of hydrogen-bond acceptors (Lipinski definition) is 2. The quantitative estimate of drug-likeness (QED) is 0.859. The minimum absolute atomic E-state index is 0.480. The molecule has 0 aromatic heterocycles. The van der Waals surface area contributed by atoms with Gasteiger partial charge in [0.1, 0.15) is 0 Å². The molecule has 0 bridgehead atoms. The smallest absolute Gasteiger partial charge is 0.0962 e. The summed E-state index contributed by atoms with van der Waals surface area (Å²) in [6, 6.07) is 16.1. The molecule has 0 spiro atoms. The molecule has 2 aromatic rings. The Bertz CT molecular complexity index is 488. The third kappa shape index (κ3) is 3.34. The average molecular weight is 241 g/mol. The van der Waals surface area contributed by atoms with Crippen molar-refractivity contribution in [2.45, 2.75) is 20.0 Å². The van der Waals surface area contributed by atoms with Gasteiger partial charge < -0.3 is 10.4 Å². The zero-order valence-electron chi connectivity index (χ0n) is 10.9. The normalized spacial score (nSPS) is 12.2. The Morgan fingerprint density at radius 2 is 1.39 bits per heavy atom. The molecule has 2 aromatic carbocycles. The lowest BCUT2D eigenvalue weighted by molar-refractivity contribution is 0.191. The zero-order valence-corrected chi connectivity index (χ0v) is 10.9. The topological polar surface area (TPSA) is 32.3 Å². The number of aliphatic hydroxyl groups is 1. The maximum atomic E-state index is 10.1. The van der Waals surface area contributed by atoms with Crippen LogP contribution in [-0.4, -0.2) is 11.7 Å². The highest BCUT2D eigenvalue weighted by molar-refractivity contribution is 5.44. The molecule has 0 aliphatic carbocycles. The molecule has 0 aliphatic heterocycles. The summed E-state index contributed by atoms with van der Waals surface area (Å²) in [7, 11) is 0. The molecule has 18 heavy (non-hydrogen) atoms. The summed E-state index contributed by atoms with van der Waals surface area (Å²) in [6.07, 6.45) is -0.480. The van der Waals surface area contributed by atoms with Crippen LogP contribution in [0.4, 0.5) is 5.69 Å². The lowest BCUT2D eigenvalue weighted by Gasteiger charge is -2.13. The van der Waals surface area contributed by atoms with Crippen LogP contribution in [-0.2, 0) is 0 Å². The zero-order chi connectivity index (χ0) is 13.0. The SMILES string of the molecule is Cc1ccc(NC[C@H](O)c2ccc(C)cc2)cc1. The van der Waals surface area contributed by atoms with Crippen LogP contribution in [0.25, 0.3) is 0 Å². The van der Waals surface area contributed by atoms with Crippen molar-refractivity contribution < 1.29 is 5.11 Å². The van der Waals surface area contributed by atoms with Crippen molar-refractivity contribution in [1.29, 1.82) is 0 Å². The summed E-state index contributed by atoms with van der Waals surface area (Å²) in [4.78, 5) is 0. The second kappa shape index (κ2) is 5.69. The summed E-state index contributed by atoms with van der Waals surface area (Å²) in [5, 5.41) is 13.3. The van der Waals surface area contributed by atoms with Gasteiger partial charge in [-0.2, -0.15) is 0 Å². The van der Waals surface area contributed by atoms with Gasteiger partial charge in [0.2, 0.25) is 0 Å². The number of rotatable bonds is 4. The second-order valence-corrected chi connectivity index (χ2v) is 4.67. The third-order valence-electron chi connectivity index (χ3n) is 3.01. The van der Waals surface area contributed by atoms with E-state index in [2.05, 4.69) is 24.4 Å². The molecule has 0 radical (unpaired) electrons. The Labute approximate surface area is 108 Å². The van der Waals surface area contributed by atoms with Gasteiger partial charge in [0.05, 0.1) is 6.10 Å². The number of hydrogen-bond donors (Lipinski definition) is 2. The molecule has 0 amide bonds. The van der Waals surface area contributed by atoms with E-state index < -0.39 is 6.10 Å². The molecule has 0 unspecified atom stereocenters. The van der Waals surface area contributed by atoms with Crippen LogP contribution in [0, 0.1) is 13.8 Å². The summed E-state index contributed by atoms with van der Waals surface area (Å²) >= 11 is 0. The van der Waals surface area contributed by atoms with Crippen LogP contribution in [0.5, 0.6) is 0 Å². The molecule has 0 aliphatic rings. The largest absolute Gasteiger partial charge is 0.387 e. The fourth-order valence-corrected chi connectivity index (χ4v) is 1.79. The predicted molar refractivity (Wildman–Crippen MR) is 75.8 cm³/mol. The lowest BCUT2D eigenvalue weighted by atomic mass is 10.1. The average Bonchev–Trinajstić information content (AvgIpc) is 2.38. The number of aryl methyl sites for hydroxylation is 2. The Kier molecular flexibility index (Phi) is 4.00. The highest BCUT2D eigenvalue weighted by Crippen LogP contribution is 2.15. The monoisotopic (exact) mass is 241 g/mol. The number of aliphatic hydroxyl groups excluding tert-OH is 1. The van der Waals surface area contributed by atoms with E-state index in [0.29, 0.717) is 6.54 Å². The van der Waals surface area contributed by atoms with Gasteiger partial charge in [0.15, 0.2) is 0 Å². The van der Waals surface area contributed by atoms with Crippen molar-refractivity contribution in [3.05, 3.63) is 65.2 Å². The van der Waals surface area contributed by atoms with Gasteiger partial charge >= 0.3 is 0 Å². The summed E-state index contributed by atoms with van der Waals surface area (Å²) in [5.74, 6) is 0. The van der Waals surface area contributed by atoms with E-state index in [9.17, 15) is 5.11 Å². The van der Waals surface area contributed by atoms with Crippen LogP contribution in [0.15, 0.2) is 48.5 Å². The second-order valence-electron chi connectivity index (χ2n) is 4.67. The Balaban J connectivity index is 1.93. The minimum atomic E-state index is -0.480. The number of anilines is 1. The first kappa shape index (κ1) is 12.7. The third-order valence-corrected chi connectivity index (χ3v) is 3.01.